The first-order valence-electron chi connectivity index (χ1n) is 11.2. The second-order valence-corrected chi connectivity index (χ2v) is 9.51. The molecular weight excluding hydrogens is 430 g/mol. The summed E-state index contributed by atoms with van der Waals surface area (Å²) in [5, 5.41) is 8.38. The Hall–Kier alpha value is -3.09. The van der Waals surface area contributed by atoms with Crippen molar-refractivity contribution in [2.24, 2.45) is 0 Å². The van der Waals surface area contributed by atoms with Gasteiger partial charge in [0.05, 0.1) is 6.54 Å². The molecule has 0 aliphatic rings. The van der Waals surface area contributed by atoms with E-state index in [9.17, 15) is 4.79 Å². The van der Waals surface area contributed by atoms with Crippen LogP contribution >= 0.6 is 11.3 Å². The molecule has 1 atom stereocenters. The Morgan fingerprint density at radius 3 is 2.73 bits per heavy atom. The number of hydrogen-bond donors (Lipinski definition) is 2. The van der Waals surface area contributed by atoms with Gasteiger partial charge in [0.1, 0.15) is 11.9 Å². The van der Waals surface area contributed by atoms with Gasteiger partial charge in [-0.3, -0.25) is 9.69 Å². The lowest BCUT2D eigenvalue weighted by atomic mass is 10.1. The number of benzene rings is 2. The summed E-state index contributed by atoms with van der Waals surface area (Å²) in [6.45, 7) is 8.29. The van der Waals surface area contributed by atoms with E-state index in [4.69, 9.17) is 4.74 Å². The first kappa shape index (κ1) is 23.1. The molecule has 0 bridgehead atoms. The number of amides is 1. The Balaban J connectivity index is 1.30. The van der Waals surface area contributed by atoms with E-state index >= 15 is 0 Å². The summed E-state index contributed by atoms with van der Waals surface area (Å²) in [5.41, 5.74) is 6.56. The highest BCUT2D eigenvalue weighted by Crippen LogP contribution is 2.22. The topological polar surface area (TPSA) is 57.4 Å². The largest absolute Gasteiger partial charge is 0.489 e. The van der Waals surface area contributed by atoms with E-state index in [1.165, 1.54) is 16.7 Å². The number of fused-ring (bicyclic) bond motifs is 1. The summed E-state index contributed by atoms with van der Waals surface area (Å²) in [7, 11) is 2.12. The van der Waals surface area contributed by atoms with Crippen LogP contribution in [-0.4, -0.2) is 35.5 Å². The van der Waals surface area contributed by atoms with Gasteiger partial charge in [0, 0.05) is 35.2 Å². The van der Waals surface area contributed by atoms with Crippen LogP contribution in [0.1, 0.15) is 39.7 Å². The summed E-state index contributed by atoms with van der Waals surface area (Å²) in [6, 6.07) is 16.1. The van der Waals surface area contributed by atoms with Crippen molar-refractivity contribution in [3.05, 3.63) is 87.2 Å². The van der Waals surface area contributed by atoms with Crippen molar-refractivity contribution < 1.29 is 9.53 Å². The van der Waals surface area contributed by atoms with Crippen LogP contribution in [0.5, 0.6) is 5.75 Å². The van der Waals surface area contributed by atoms with E-state index in [-0.39, 0.29) is 12.0 Å². The molecule has 0 fully saturated rings. The zero-order chi connectivity index (χ0) is 23.4. The maximum absolute atomic E-state index is 12.7. The van der Waals surface area contributed by atoms with Crippen LogP contribution in [0.3, 0.4) is 0 Å². The van der Waals surface area contributed by atoms with Crippen molar-refractivity contribution in [2.75, 3.05) is 13.6 Å². The number of ether oxygens (including phenoxy) is 1. The third-order valence-corrected chi connectivity index (χ3v) is 6.57. The predicted molar refractivity (Wildman–Crippen MR) is 136 cm³/mol. The van der Waals surface area contributed by atoms with Crippen LogP contribution in [0.25, 0.3) is 10.9 Å². The molecule has 0 aliphatic heterocycles. The molecule has 0 saturated carbocycles. The molecule has 0 spiro atoms. The molecule has 33 heavy (non-hydrogen) atoms. The van der Waals surface area contributed by atoms with E-state index in [0.717, 1.165) is 35.4 Å². The summed E-state index contributed by atoms with van der Waals surface area (Å²) < 4.78 is 6.08. The van der Waals surface area contributed by atoms with E-state index in [1.807, 2.05) is 44.2 Å². The zero-order valence-electron chi connectivity index (χ0n) is 19.6. The van der Waals surface area contributed by atoms with Gasteiger partial charge in [0.15, 0.2) is 0 Å². The smallest absolute Gasteiger partial charge is 0.251 e. The fourth-order valence-corrected chi connectivity index (χ4v) is 4.65. The maximum atomic E-state index is 12.7. The van der Waals surface area contributed by atoms with Gasteiger partial charge in [-0.1, -0.05) is 12.1 Å². The fraction of sp³-hybridized carbons (Fsp3) is 0.296. The van der Waals surface area contributed by atoms with Crippen molar-refractivity contribution in [2.45, 2.75) is 40.0 Å². The number of thiophene rings is 1. The van der Waals surface area contributed by atoms with Gasteiger partial charge >= 0.3 is 0 Å². The molecular formula is C27H31N3O2S. The van der Waals surface area contributed by atoms with Crippen molar-refractivity contribution in [3.8, 4) is 5.75 Å². The SMILES string of the molecule is Cc1[nH]c2ccc(C(=O)NC[C@@H](C)Oc3cccc(CN(C)Cc4ccsc4)c3)cc2c1C. The van der Waals surface area contributed by atoms with Gasteiger partial charge in [-0.05, 0) is 91.7 Å². The van der Waals surface area contributed by atoms with E-state index in [2.05, 4.69) is 58.1 Å². The van der Waals surface area contributed by atoms with Gasteiger partial charge in [-0.15, -0.1) is 0 Å². The van der Waals surface area contributed by atoms with Crippen LogP contribution in [0.2, 0.25) is 0 Å². The standard InChI is InChI=1S/C27H31N3O2S/c1-18(14-28-27(31)23-8-9-26-25(13-23)19(2)20(3)29-26)32-24-7-5-6-21(12-24)15-30(4)16-22-10-11-33-17-22/h5-13,17-18,29H,14-16H2,1-4H3,(H,28,31)/t18-/m1/s1. The van der Waals surface area contributed by atoms with Crippen molar-refractivity contribution >= 4 is 28.1 Å². The monoisotopic (exact) mass is 461 g/mol. The third kappa shape index (κ3) is 5.83. The minimum absolute atomic E-state index is 0.0885. The molecule has 0 unspecified atom stereocenters. The number of aromatic nitrogens is 1. The second kappa shape index (κ2) is 10.2. The summed E-state index contributed by atoms with van der Waals surface area (Å²) in [6.07, 6.45) is -0.146. The zero-order valence-corrected chi connectivity index (χ0v) is 20.5. The molecule has 1 amide bonds. The molecule has 2 aromatic heterocycles. The number of nitrogens with zero attached hydrogens (tertiary/aromatic N) is 1. The minimum Gasteiger partial charge on any atom is -0.489 e. The first-order valence-corrected chi connectivity index (χ1v) is 12.2. The van der Waals surface area contributed by atoms with Crippen LogP contribution in [0.4, 0.5) is 0 Å². The lowest BCUT2D eigenvalue weighted by molar-refractivity contribution is 0.0932. The number of aryl methyl sites for hydroxylation is 2. The molecule has 6 heteroatoms. The van der Waals surface area contributed by atoms with Gasteiger partial charge < -0.3 is 15.0 Å². The van der Waals surface area contributed by atoms with E-state index in [0.29, 0.717) is 12.1 Å². The van der Waals surface area contributed by atoms with Gasteiger partial charge in [0.2, 0.25) is 0 Å². The van der Waals surface area contributed by atoms with E-state index < -0.39 is 0 Å². The lowest BCUT2D eigenvalue weighted by Crippen LogP contribution is -2.33. The Morgan fingerprint density at radius 1 is 1.12 bits per heavy atom. The number of carbonyl (C=O) groups excluding carboxylic acids is 1. The third-order valence-electron chi connectivity index (χ3n) is 5.84. The number of nitrogens with one attached hydrogen (secondary N) is 2. The molecule has 2 N–H and O–H groups in total. The molecule has 0 saturated heterocycles. The molecule has 0 radical (unpaired) electrons. The molecule has 0 aliphatic carbocycles. The Kier molecular flexibility index (Phi) is 7.16. The predicted octanol–water partition coefficient (Wildman–Crippen LogP) is 5.68. The highest BCUT2D eigenvalue weighted by molar-refractivity contribution is 7.07. The molecule has 2 heterocycles. The van der Waals surface area contributed by atoms with Gasteiger partial charge in [-0.2, -0.15) is 11.3 Å². The Morgan fingerprint density at radius 2 is 1.94 bits per heavy atom. The fourth-order valence-electron chi connectivity index (χ4n) is 3.99. The quantitative estimate of drug-likeness (QED) is 0.337. The Bertz CT molecular complexity index is 1230. The number of hydrogen-bond acceptors (Lipinski definition) is 4. The summed E-state index contributed by atoms with van der Waals surface area (Å²) in [4.78, 5) is 18.3. The average Bonchev–Trinajstić information content (AvgIpc) is 3.39. The van der Waals surface area contributed by atoms with Gasteiger partial charge in [0.25, 0.3) is 5.91 Å². The maximum Gasteiger partial charge on any atom is 0.251 e. The van der Waals surface area contributed by atoms with Gasteiger partial charge in [-0.25, -0.2) is 0 Å². The molecule has 4 rings (SSSR count). The summed E-state index contributed by atoms with van der Waals surface area (Å²) in [5.74, 6) is 0.729. The number of aromatic amines is 1. The first-order chi connectivity index (χ1) is 15.9. The molecule has 172 valence electrons. The van der Waals surface area contributed by atoms with Crippen LogP contribution < -0.4 is 10.1 Å². The lowest BCUT2D eigenvalue weighted by Gasteiger charge is -2.18. The number of rotatable bonds is 9. The average molecular weight is 462 g/mol. The van der Waals surface area contributed by atoms with Crippen molar-refractivity contribution in [1.29, 1.82) is 0 Å². The highest BCUT2D eigenvalue weighted by atomic mass is 32.1. The van der Waals surface area contributed by atoms with Crippen LogP contribution in [0.15, 0.2) is 59.3 Å². The normalized spacial score (nSPS) is 12.3. The van der Waals surface area contributed by atoms with Crippen LogP contribution in [-0.2, 0) is 13.1 Å². The molecule has 4 aromatic rings. The number of H-pyrrole nitrogens is 1. The Labute approximate surface area is 199 Å². The minimum atomic E-state index is -0.146. The van der Waals surface area contributed by atoms with E-state index in [1.54, 1.807) is 11.3 Å². The van der Waals surface area contributed by atoms with Crippen LogP contribution in [0, 0.1) is 13.8 Å². The molecule has 5 nitrogen and oxygen atoms in total. The summed E-state index contributed by atoms with van der Waals surface area (Å²) >= 11 is 1.73. The second-order valence-electron chi connectivity index (χ2n) is 8.73. The highest BCUT2D eigenvalue weighted by Gasteiger charge is 2.12. The molecule has 2 aromatic carbocycles. The van der Waals surface area contributed by atoms with Crippen molar-refractivity contribution in [3.63, 3.8) is 0 Å². The number of carbonyl (C=O) groups is 1. The van der Waals surface area contributed by atoms with Crippen molar-refractivity contribution in [1.82, 2.24) is 15.2 Å².